The summed E-state index contributed by atoms with van der Waals surface area (Å²) in [5, 5.41) is 3.42. The van der Waals surface area contributed by atoms with Crippen molar-refractivity contribution < 1.29 is 27.0 Å². The van der Waals surface area contributed by atoms with Crippen LogP contribution in [0, 0.1) is 0 Å². The van der Waals surface area contributed by atoms with E-state index in [1.165, 1.54) is 0 Å². The first-order valence-electron chi connectivity index (χ1n) is 2.45. The topological polar surface area (TPSA) is 57.5 Å². The van der Waals surface area contributed by atoms with Crippen LogP contribution in [0.1, 0.15) is 0 Å². The molecule has 0 amide bonds. The van der Waals surface area contributed by atoms with Gasteiger partial charge in [-0.05, 0) is 5.87 Å². The summed E-state index contributed by atoms with van der Waals surface area (Å²) >= 11 is 0. The third-order valence-electron chi connectivity index (χ3n) is 0.950. The molecule has 0 saturated carbocycles. The van der Waals surface area contributed by atoms with E-state index in [0.29, 0.717) is 0 Å². The molecule has 0 aromatic carbocycles. The molecule has 2 atom stereocenters. The lowest BCUT2D eigenvalue weighted by atomic mass is 10.4. The second-order valence-electron chi connectivity index (χ2n) is 1.85. The van der Waals surface area contributed by atoms with E-state index in [9.17, 15) is 17.4 Å². The molecule has 2 unspecified atom stereocenters. The van der Waals surface area contributed by atoms with Gasteiger partial charge in [-0.2, -0.15) is 8.78 Å². The standard InChI is InChI=1S/C4H7F3O3S/c1-11(9,10)4(6,7)3(5)2-8/h3,8H,1-2H2,(H,9,10). The second-order valence-corrected chi connectivity index (χ2v) is 3.68. The van der Waals surface area contributed by atoms with Crippen LogP contribution >= 0.6 is 0 Å². The van der Waals surface area contributed by atoms with Crippen molar-refractivity contribution >= 4 is 15.7 Å². The Hall–Kier alpha value is -0.270. The fourth-order valence-electron chi connectivity index (χ4n) is 0.306. The van der Waals surface area contributed by atoms with Crippen LogP contribution in [0.2, 0.25) is 0 Å². The molecular formula is C4H7F3O3S. The van der Waals surface area contributed by atoms with Gasteiger partial charge < -0.3 is 9.66 Å². The van der Waals surface area contributed by atoms with E-state index < -0.39 is 27.8 Å². The van der Waals surface area contributed by atoms with Crippen molar-refractivity contribution in [1.29, 1.82) is 0 Å². The molecule has 2 N–H and O–H groups in total. The minimum Gasteiger partial charge on any atom is -0.393 e. The van der Waals surface area contributed by atoms with Crippen molar-refractivity contribution in [1.82, 2.24) is 0 Å². The fourth-order valence-corrected chi connectivity index (χ4v) is 0.780. The number of halogens is 3. The number of hydrogen-bond acceptors (Lipinski definition) is 2. The minimum atomic E-state index is -4.78. The van der Waals surface area contributed by atoms with Crippen LogP contribution in [-0.2, 0) is 9.80 Å². The molecule has 0 aliphatic carbocycles. The van der Waals surface area contributed by atoms with Crippen LogP contribution < -0.4 is 0 Å². The van der Waals surface area contributed by atoms with Crippen LogP contribution in [0.15, 0.2) is 0 Å². The molecule has 11 heavy (non-hydrogen) atoms. The summed E-state index contributed by atoms with van der Waals surface area (Å²) in [6, 6.07) is 0. The number of aliphatic hydroxyl groups excluding tert-OH is 1. The zero-order valence-electron chi connectivity index (χ0n) is 5.34. The summed E-state index contributed by atoms with van der Waals surface area (Å²) in [4.78, 5) is 0. The van der Waals surface area contributed by atoms with E-state index in [1.807, 2.05) is 0 Å². The Labute approximate surface area is 61.7 Å². The van der Waals surface area contributed by atoms with Crippen molar-refractivity contribution in [3.63, 3.8) is 0 Å². The Morgan fingerprint density at radius 2 is 2.00 bits per heavy atom. The summed E-state index contributed by atoms with van der Waals surface area (Å²) in [5.41, 5.74) is 0. The largest absolute Gasteiger partial charge is 0.393 e. The fraction of sp³-hybridized carbons (Fsp3) is 0.750. The molecule has 0 fully saturated rings. The van der Waals surface area contributed by atoms with Crippen molar-refractivity contribution in [3.8, 4) is 0 Å². The molecule has 0 spiro atoms. The highest BCUT2D eigenvalue weighted by Gasteiger charge is 2.47. The molecule has 68 valence electrons. The number of aliphatic hydroxyl groups is 1. The third kappa shape index (κ3) is 2.08. The predicted molar refractivity (Wildman–Crippen MR) is 34.8 cm³/mol. The van der Waals surface area contributed by atoms with Gasteiger partial charge in [0.2, 0.25) is 6.17 Å². The lowest BCUT2D eigenvalue weighted by molar-refractivity contribution is -0.0223. The van der Waals surface area contributed by atoms with Crippen molar-refractivity contribution in [2.45, 2.75) is 11.4 Å². The van der Waals surface area contributed by atoms with Gasteiger partial charge in [0.25, 0.3) is 0 Å². The summed E-state index contributed by atoms with van der Waals surface area (Å²) < 4.78 is 54.7. The van der Waals surface area contributed by atoms with E-state index in [-0.39, 0.29) is 0 Å². The summed E-state index contributed by atoms with van der Waals surface area (Å²) in [6.45, 7) is -1.51. The quantitative estimate of drug-likeness (QED) is 0.623. The van der Waals surface area contributed by atoms with Crippen molar-refractivity contribution in [2.24, 2.45) is 0 Å². The zero-order valence-corrected chi connectivity index (χ0v) is 6.15. The van der Waals surface area contributed by atoms with Gasteiger partial charge in [-0.3, -0.25) is 0 Å². The highest BCUT2D eigenvalue weighted by Crippen LogP contribution is 2.26. The normalized spacial score (nSPS) is 20.8. The summed E-state index contributed by atoms with van der Waals surface area (Å²) in [5.74, 6) is 2.19. The lowest BCUT2D eigenvalue weighted by Gasteiger charge is -2.18. The molecule has 0 saturated heterocycles. The van der Waals surface area contributed by atoms with E-state index in [2.05, 4.69) is 5.87 Å². The molecule has 0 aromatic heterocycles. The van der Waals surface area contributed by atoms with Gasteiger partial charge in [0.1, 0.15) is 9.80 Å². The Morgan fingerprint density at radius 3 is 2.09 bits per heavy atom. The first-order chi connectivity index (χ1) is 4.73. The third-order valence-corrected chi connectivity index (χ3v) is 2.06. The lowest BCUT2D eigenvalue weighted by Crippen LogP contribution is -2.40. The van der Waals surface area contributed by atoms with Gasteiger partial charge in [-0.25, -0.2) is 8.60 Å². The van der Waals surface area contributed by atoms with E-state index in [4.69, 9.17) is 9.66 Å². The van der Waals surface area contributed by atoms with Gasteiger partial charge in [-0.15, -0.1) is 0 Å². The number of rotatable bonds is 3. The van der Waals surface area contributed by atoms with Crippen LogP contribution in [0.4, 0.5) is 13.2 Å². The van der Waals surface area contributed by atoms with Crippen molar-refractivity contribution in [3.05, 3.63) is 0 Å². The number of alkyl halides is 3. The highest BCUT2D eigenvalue weighted by atomic mass is 32.2. The average molecular weight is 192 g/mol. The minimum absolute atomic E-state index is 1.51. The molecule has 0 radical (unpaired) electrons. The highest BCUT2D eigenvalue weighted by molar-refractivity contribution is 7.96. The summed E-state index contributed by atoms with van der Waals surface area (Å²) in [7, 11) is -4.78. The smallest absolute Gasteiger partial charge is 0.367 e. The van der Waals surface area contributed by atoms with Crippen molar-refractivity contribution in [2.75, 3.05) is 6.61 Å². The Morgan fingerprint density at radius 1 is 1.64 bits per heavy atom. The van der Waals surface area contributed by atoms with Crippen LogP contribution in [-0.4, -0.2) is 37.8 Å². The van der Waals surface area contributed by atoms with E-state index in [1.54, 1.807) is 0 Å². The average Bonchev–Trinajstić information content (AvgIpc) is 1.83. The monoisotopic (exact) mass is 192 g/mol. The van der Waals surface area contributed by atoms with Gasteiger partial charge in [-0.1, -0.05) is 0 Å². The van der Waals surface area contributed by atoms with Crippen LogP contribution in [0.25, 0.3) is 0 Å². The molecule has 0 rings (SSSR count). The SMILES string of the molecule is C=S(=O)(O)C(F)(F)C(F)CO. The first-order valence-corrected chi connectivity index (χ1v) is 4.14. The van der Waals surface area contributed by atoms with E-state index in [0.717, 1.165) is 0 Å². The molecule has 0 aliphatic heterocycles. The predicted octanol–water partition coefficient (Wildman–Crippen LogP) is 0.0990. The molecule has 0 bridgehead atoms. The molecule has 7 heteroatoms. The van der Waals surface area contributed by atoms with E-state index >= 15 is 0 Å². The molecule has 0 heterocycles. The molecular weight excluding hydrogens is 185 g/mol. The van der Waals surface area contributed by atoms with Gasteiger partial charge in [0.15, 0.2) is 0 Å². The maximum absolute atomic E-state index is 12.2. The maximum atomic E-state index is 12.2. The van der Waals surface area contributed by atoms with Crippen LogP contribution in [0.5, 0.6) is 0 Å². The molecule has 0 aromatic rings. The Kier molecular flexibility index (Phi) is 2.92. The summed E-state index contributed by atoms with van der Waals surface area (Å²) in [6.07, 6.45) is -3.06. The van der Waals surface area contributed by atoms with Gasteiger partial charge in [0.05, 0.1) is 6.61 Å². The Bertz CT molecular complexity index is 223. The van der Waals surface area contributed by atoms with Gasteiger partial charge >= 0.3 is 5.25 Å². The first kappa shape index (κ1) is 10.7. The van der Waals surface area contributed by atoms with Gasteiger partial charge in [0, 0.05) is 0 Å². The molecule has 0 aliphatic rings. The maximum Gasteiger partial charge on any atom is 0.367 e. The molecule has 3 nitrogen and oxygen atoms in total. The zero-order chi connectivity index (χ0) is 9.28. The van der Waals surface area contributed by atoms with Crippen LogP contribution in [0.3, 0.4) is 0 Å². The second kappa shape index (κ2) is 3.00. The number of hydrogen-bond donors (Lipinski definition) is 2. The Balaban J connectivity index is 4.74.